The van der Waals surface area contributed by atoms with Gasteiger partial charge in [0.05, 0.1) is 18.7 Å². The third kappa shape index (κ3) is 4.84. The first-order valence-electron chi connectivity index (χ1n) is 7.87. The molecule has 5 nitrogen and oxygen atoms in total. The molecule has 0 aliphatic carbocycles. The number of rotatable bonds is 6. The molecule has 5 heteroatoms. The Labute approximate surface area is 142 Å². The van der Waals surface area contributed by atoms with E-state index in [1.807, 2.05) is 32.0 Å². The third-order valence-electron chi connectivity index (χ3n) is 3.51. The summed E-state index contributed by atoms with van der Waals surface area (Å²) in [4.78, 5) is 23.6. The van der Waals surface area contributed by atoms with E-state index in [9.17, 15) is 9.59 Å². The standard InChI is InChI=1S/C19H22N2O3/c1-4-24-19(23)15-6-8-16(9-7-15)20-12-18(22)21-17-10-5-13(2)11-14(17)3/h5-11,20H,4,12H2,1-3H3,(H,21,22). The van der Waals surface area contributed by atoms with E-state index in [1.54, 1.807) is 31.2 Å². The normalized spacial score (nSPS) is 10.1. The van der Waals surface area contributed by atoms with Crippen LogP contribution in [0.1, 0.15) is 28.4 Å². The Bertz CT molecular complexity index is 724. The average molecular weight is 326 g/mol. The van der Waals surface area contributed by atoms with Gasteiger partial charge in [0.1, 0.15) is 0 Å². The summed E-state index contributed by atoms with van der Waals surface area (Å²) < 4.78 is 4.93. The Morgan fingerprint density at radius 3 is 2.38 bits per heavy atom. The minimum atomic E-state index is -0.350. The summed E-state index contributed by atoms with van der Waals surface area (Å²) in [5, 5.41) is 5.91. The molecule has 0 fully saturated rings. The van der Waals surface area contributed by atoms with Gasteiger partial charge in [-0.25, -0.2) is 4.79 Å². The number of hydrogen-bond acceptors (Lipinski definition) is 4. The fraction of sp³-hybridized carbons (Fsp3) is 0.263. The molecular weight excluding hydrogens is 304 g/mol. The second kappa shape index (κ2) is 8.15. The van der Waals surface area contributed by atoms with Gasteiger partial charge < -0.3 is 15.4 Å². The molecule has 0 aromatic heterocycles. The molecule has 1 amide bonds. The molecule has 0 unspecified atom stereocenters. The van der Waals surface area contributed by atoms with Crippen molar-refractivity contribution in [3.05, 3.63) is 59.2 Å². The van der Waals surface area contributed by atoms with Crippen molar-refractivity contribution in [3.63, 3.8) is 0 Å². The first kappa shape index (κ1) is 17.5. The van der Waals surface area contributed by atoms with Crippen LogP contribution in [0.5, 0.6) is 0 Å². The van der Waals surface area contributed by atoms with E-state index < -0.39 is 0 Å². The molecule has 0 heterocycles. The van der Waals surface area contributed by atoms with Gasteiger partial charge in [0.15, 0.2) is 0 Å². The molecule has 2 N–H and O–H groups in total. The van der Waals surface area contributed by atoms with Crippen LogP contribution in [0.3, 0.4) is 0 Å². The molecule has 0 bridgehead atoms. The Kier molecular flexibility index (Phi) is 5.95. The van der Waals surface area contributed by atoms with Gasteiger partial charge in [-0.05, 0) is 56.7 Å². The molecule has 126 valence electrons. The van der Waals surface area contributed by atoms with Crippen LogP contribution in [0.2, 0.25) is 0 Å². The summed E-state index contributed by atoms with van der Waals surface area (Å²) in [7, 11) is 0. The summed E-state index contributed by atoms with van der Waals surface area (Å²) in [5.41, 5.74) is 4.25. The maximum atomic E-state index is 12.0. The lowest BCUT2D eigenvalue weighted by atomic mass is 10.1. The maximum Gasteiger partial charge on any atom is 0.338 e. The number of carbonyl (C=O) groups is 2. The largest absolute Gasteiger partial charge is 0.462 e. The first-order valence-corrected chi connectivity index (χ1v) is 7.87. The number of carbonyl (C=O) groups excluding carboxylic acids is 2. The number of anilines is 2. The van der Waals surface area contributed by atoms with E-state index in [1.165, 1.54) is 0 Å². The summed E-state index contributed by atoms with van der Waals surface area (Å²) in [6.45, 7) is 6.23. The minimum absolute atomic E-state index is 0.128. The number of hydrogen-bond donors (Lipinski definition) is 2. The minimum Gasteiger partial charge on any atom is -0.462 e. The quantitative estimate of drug-likeness (QED) is 0.797. The molecule has 2 rings (SSSR count). The van der Waals surface area contributed by atoms with E-state index >= 15 is 0 Å². The molecule has 0 aliphatic rings. The average Bonchev–Trinajstić information content (AvgIpc) is 2.56. The molecule has 24 heavy (non-hydrogen) atoms. The van der Waals surface area contributed by atoms with Gasteiger partial charge in [0, 0.05) is 11.4 Å². The number of benzene rings is 2. The molecule has 0 atom stereocenters. The lowest BCUT2D eigenvalue weighted by molar-refractivity contribution is -0.114. The first-order chi connectivity index (χ1) is 11.5. The number of nitrogens with one attached hydrogen (secondary N) is 2. The molecule has 0 saturated heterocycles. The highest BCUT2D eigenvalue weighted by atomic mass is 16.5. The van der Waals surface area contributed by atoms with Crippen LogP contribution in [-0.4, -0.2) is 25.0 Å². The van der Waals surface area contributed by atoms with E-state index in [0.29, 0.717) is 12.2 Å². The van der Waals surface area contributed by atoms with Crippen molar-refractivity contribution in [3.8, 4) is 0 Å². The summed E-state index contributed by atoms with van der Waals surface area (Å²) in [6, 6.07) is 12.7. The zero-order chi connectivity index (χ0) is 17.5. The fourth-order valence-corrected chi connectivity index (χ4v) is 2.27. The highest BCUT2D eigenvalue weighted by molar-refractivity contribution is 5.94. The van der Waals surface area contributed by atoms with Crippen molar-refractivity contribution in [2.24, 2.45) is 0 Å². The van der Waals surface area contributed by atoms with Gasteiger partial charge in [0.25, 0.3) is 0 Å². The van der Waals surface area contributed by atoms with Crippen molar-refractivity contribution < 1.29 is 14.3 Å². The van der Waals surface area contributed by atoms with Gasteiger partial charge >= 0.3 is 5.97 Å². The zero-order valence-electron chi connectivity index (χ0n) is 14.2. The Balaban J connectivity index is 1.88. The van der Waals surface area contributed by atoms with Crippen molar-refractivity contribution in [1.82, 2.24) is 0 Å². The maximum absolute atomic E-state index is 12.0. The van der Waals surface area contributed by atoms with E-state index in [0.717, 1.165) is 22.5 Å². The summed E-state index contributed by atoms with van der Waals surface area (Å²) in [5.74, 6) is -0.479. The summed E-state index contributed by atoms with van der Waals surface area (Å²) >= 11 is 0. The second-order valence-corrected chi connectivity index (χ2v) is 5.52. The Hall–Kier alpha value is -2.82. The zero-order valence-corrected chi connectivity index (χ0v) is 14.2. The smallest absolute Gasteiger partial charge is 0.338 e. The third-order valence-corrected chi connectivity index (χ3v) is 3.51. The number of esters is 1. The van der Waals surface area contributed by atoms with Gasteiger partial charge in [0.2, 0.25) is 5.91 Å². The van der Waals surface area contributed by atoms with Crippen molar-refractivity contribution in [2.45, 2.75) is 20.8 Å². The van der Waals surface area contributed by atoms with Crippen LogP contribution in [0.15, 0.2) is 42.5 Å². The van der Waals surface area contributed by atoms with E-state index in [2.05, 4.69) is 10.6 Å². The molecular formula is C19H22N2O3. The molecule has 0 saturated carbocycles. The molecule has 2 aromatic carbocycles. The number of amides is 1. The molecule has 0 spiro atoms. The number of aryl methyl sites for hydroxylation is 2. The predicted octanol–water partition coefficient (Wildman–Crippen LogP) is 3.53. The van der Waals surface area contributed by atoms with Crippen LogP contribution >= 0.6 is 0 Å². The van der Waals surface area contributed by atoms with Gasteiger partial charge in [-0.15, -0.1) is 0 Å². The van der Waals surface area contributed by atoms with Crippen molar-refractivity contribution >= 4 is 23.3 Å². The van der Waals surface area contributed by atoms with Crippen molar-refractivity contribution in [2.75, 3.05) is 23.8 Å². The second-order valence-electron chi connectivity index (χ2n) is 5.52. The van der Waals surface area contributed by atoms with E-state index in [4.69, 9.17) is 4.74 Å². The highest BCUT2D eigenvalue weighted by Crippen LogP contribution is 2.16. The predicted molar refractivity (Wildman–Crippen MR) is 95.4 cm³/mol. The number of ether oxygens (including phenoxy) is 1. The lowest BCUT2D eigenvalue weighted by Crippen LogP contribution is -2.22. The SMILES string of the molecule is CCOC(=O)c1ccc(NCC(=O)Nc2ccc(C)cc2C)cc1. The van der Waals surface area contributed by atoms with Crippen LogP contribution in [0.4, 0.5) is 11.4 Å². The monoisotopic (exact) mass is 326 g/mol. The Morgan fingerprint density at radius 2 is 1.75 bits per heavy atom. The van der Waals surface area contributed by atoms with Crippen LogP contribution in [0, 0.1) is 13.8 Å². The van der Waals surface area contributed by atoms with Gasteiger partial charge in [-0.3, -0.25) is 4.79 Å². The lowest BCUT2D eigenvalue weighted by Gasteiger charge is -2.11. The van der Waals surface area contributed by atoms with Crippen LogP contribution < -0.4 is 10.6 Å². The van der Waals surface area contributed by atoms with Gasteiger partial charge in [-0.1, -0.05) is 17.7 Å². The highest BCUT2D eigenvalue weighted by Gasteiger charge is 2.07. The molecule has 2 aromatic rings. The Morgan fingerprint density at radius 1 is 1.04 bits per heavy atom. The molecule has 0 radical (unpaired) electrons. The topological polar surface area (TPSA) is 67.4 Å². The fourth-order valence-electron chi connectivity index (χ4n) is 2.27. The molecule has 0 aliphatic heterocycles. The van der Waals surface area contributed by atoms with Crippen molar-refractivity contribution in [1.29, 1.82) is 0 Å². The summed E-state index contributed by atoms with van der Waals surface area (Å²) in [6.07, 6.45) is 0. The van der Waals surface area contributed by atoms with Crippen LogP contribution in [0.25, 0.3) is 0 Å². The van der Waals surface area contributed by atoms with E-state index in [-0.39, 0.29) is 18.4 Å². The van der Waals surface area contributed by atoms with Crippen LogP contribution in [-0.2, 0) is 9.53 Å². The van der Waals surface area contributed by atoms with Gasteiger partial charge in [-0.2, -0.15) is 0 Å².